The summed E-state index contributed by atoms with van der Waals surface area (Å²) in [5.41, 5.74) is 2.24. The van der Waals surface area contributed by atoms with Crippen LogP contribution in [0.1, 0.15) is 11.1 Å². The summed E-state index contributed by atoms with van der Waals surface area (Å²) in [6.45, 7) is 7.59. The maximum Gasteiger partial charge on any atom is 0.156 e. The van der Waals surface area contributed by atoms with Crippen LogP contribution in [-0.2, 0) is 12.8 Å². The molecule has 120 valence electrons. The van der Waals surface area contributed by atoms with Crippen LogP contribution >= 0.6 is 63.7 Å². The van der Waals surface area contributed by atoms with E-state index >= 15 is 0 Å². The normalized spacial score (nSPS) is 10.4. The highest BCUT2D eigenvalue weighted by Crippen LogP contribution is 2.44. The van der Waals surface area contributed by atoms with Crippen LogP contribution in [0.15, 0.2) is 67.5 Å². The molecule has 0 saturated heterocycles. The predicted octanol–water partition coefficient (Wildman–Crippen LogP) is 7.99. The molecular weight excluding hydrogens is 552 g/mol. The van der Waals surface area contributed by atoms with Crippen LogP contribution in [0.25, 0.3) is 0 Å². The molecule has 0 aromatic heterocycles. The molecule has 2 aromatic rings. The molecule has 5 heteroatoms. The van der Waals surface area contributed by atoms with Gasteiger partial charge in [-0.3, -0.25) is 0 Å². The molecule has 0 spiro atoms. The van der Waals surface area contributed by atoms with E-state index in [1.807, 2.05) is 36.4 Å². The van der Waals surface area contributed by atoms with Gasteiger partial charge in [-0.05, 0) is 99.8 Å². The van der Waals surface area contributed by atoms with Crippen LogP contribution in [0.2, 0.25) is 0 Å². The highest BCUT2D eigenvalue weighted by molar-refractivity contribution is 9.11. The third kappa shape index (κ3) is 4.38. The average molecular weight is 566 g/mol. The second-order valence-electron chi connectivity index (χ2n) is 4.79. The Morgan fingerprint density at radius 3 is 1.48 bits per heavy atom. The van der Waals surface area contributed by atoms with Gasteiger partial charge >= 0.3 is 0 Å². The van der Waals surface area contributed by atoms with E-state index in [2.05, 4.69) is 76.9 Å². The molecule has 0 radical (unpaired) electrons. The van der Waals surface area contributed by atoms with Crippen molar-refractivity contribution in [1.82, 2.24) is 0 Å². The maximum absolute atomic E-state index is 6.22. The first kappa shape index (κ1) is 19.0. The van der Waals surface area contributed by atoms with E-state index in [0.29, 0.717) is 0 Å². The lowest BCUT2D eigenvalue weighted by Gasteiger charge is -2.16. The van der Waals surface area contributed by atoms with Crippen molar-refractivity contribution in [2.75, 3.05) is 0 Å². The van der Waals surface area contributed by atoms with Crippen molar-refractivity contribution in [2.45, 2.75) is 12.8 Å². The highest BCUT2D eigenvalue weighted by Gasteiger charge is 2.17. The van der Waals surface area contributed by atoms with E-state index in [-0.39, 0.29) is 0 Å². The first-order valence-corrected chi connectivity index (χ1v) is 10.00. The topological polar surface area (TPSA) is 9.23 Å². The van der Waals surface area contributed by atoms with Crippen LogP contribution in [0.4, 0.5) is 0 Å². The van der Waals surface area contributed by atoms with Gasteiger partial charge in [-0.15, -0.1) is 13.2 Å². The van der Waals surface area contributed by atoms with Gasteiger partial charge in [0.2, 0.25) is 0 Å². The lowest BCUT2D eigenvalue weighted by molar-refractivity contribution is 0.469. The van der Waals surface area contributed by atoms with Gasteiger partial charge in [0.15, 0.2) is 11.5 Å². The van der Waals surface area contributed by atoms with Gasteiger partial charge in [-0.2, -0.15) is 0 Å². The second kappa shape index (κ2) is 8.65. The number of hydrogen-bond donors (Lipinski definition) is 0. The minimum Gasteiger partial charge on any atom is -0.453 e. The fourth-order valence-electron chi connectivity index (χ4n) is 2.06. The molecule has 0 aliphatic rings. The Balaban J connectivity index is 2.51. The number of benzene rings is 2. The number of hydrogen-bond acceptors (Lipinski definition) is 1. The SMILES string of the molecule is C=CCc1ccc(Br)c(Oc2c(Br)ccc(CC=C)c2Br)c1Br. The van der Waals surface area contributed by atoms with Crippen molar-refractivity contribution in [1.29, 1.82) is 0 Å². The minimum absolute atomic E-state index is 0.738. The number of halogens is 4. The molecule has 0 unspecified atom stereocenters. The van der Waals surface area contributed by atoms with E-state index in [9.17, 15) is 0 Å². The van der Waals surface area contributed by atoms with Crippen LogP contribution in [-0.4, -0.2) is 0 Å². The van der Waals surface area contributed by atoms with Crippen molar-refractivity contribution in [3.05, 3.63) is 78.6 Å². The molecule has 1 nitrogen and oxygen atoms in total. The number of allylic oxidation sites excluding steroid dienone is 2. The molecule has 2 aromatic carbocycles. The third-order valence-electron chi connectivity index (χ3n) is 3.19. The smallest absolute Gasteiger partial charge is 0.156 e. The molecule has 0 N–H and O–H groups in total. The molecule has 0 aliphatic carbocycles. The van der Waals surface area contributed by atoms with Crippen LogP contribution in [0.5, 0.6) is 11.5 Å². The zero-order valence-corrected chi connectivity index (χ0v) is 18.6. The Kier molecular flexibility index (Phi) is 7.14. The number of rotatable bonds is 6. The molecular formula is C18H14Br4O. The van der Waals surface area contributed by atoms with Crippen molar-refractivity contribution in [3.8, 4) is 11.5 Å². The van der Waals surface area contributed by atoms with E-state index < -0.39 is 0 Å². The highest BCUT2D eigenvalue weighted by atomic mass is 79.9. The summed E-state index contributed by atoms with van der Waals surface area (Å²) in [7, 11) is 0. The van der Waals surface area contributed by atoms with Gasteiger partial charge in [-0.25, -0.2) is 0 Å². The molecule has 0 saturated carbocycles. The Hall–Kier alpha value is -0.360. The summed E-state index contributed by atoms with van der Waals surface area (Å²) in [4.78, 5) is 0. The van der Waals surface area contributed by atoms with Crippen LogP contribution in [0, 0.1) is 0 Å². The molecule has 0 aliphatic heterocycles. The summed E-state index contributed by atoms with van der Waals surface area (Å²) < 4.78 is 9.81. The Morgan fingerprint density at radius 2 is 1.13 bits per heavy atom. The monoisotopic (exact) mass is 562 g/mol. The van der Waals surface area contributed by atoms with Crippen molar-refractivity contribution in [2.24, 2.45) is 0 Å². The minimum atomic E-state index is 0.738. The third-order valence-corrected chi connectivity index (χ3v) is 6.18. The van der Waals surface area contributed by atoms with E-state index in [1.165, 1.54) is 0 Å². The first-order valence-electron chi connectivity index (χ1n) is 6.83. The molecule has 0 atom stereocenters. The predicted molar refractivity (Wildman–Crippen MR) is 112 cm³/mol. The van der Waals surface area contributed by atoms with Gasteiger partial charge in [0.05, 0.1) is 17.9 Å². The largest absolute Gasteiger partial charge is 0.453 e. The molecule has 0 bridgehead atoms. The fourth-order valence-corrected chi connectivity index (χ4v) is 4.59. The summed E-state index contributed by atoms with van der Waals surface area (Å²) in [5.74, 6) is 1.48. The van der Waals surface area contributed by atoms with Gasteiger partial charge in [-0.1, -0.05) is 24.3 Å². The quantitative estimate of drug-likeness (QED) is 0.323. The lowest BCUT2D eigenvalue weighted by Crippen LogP contribution is -1.95. The fraction of sp³-hybridized carbons (Fsp3) is 0.111. The standard InChI is InChI=1S/C18H14Br4O/c1-3-5-11-7-9-13(19)17(15(11)21)23-18-14(20)10-8-12(6-4-2)16(18)22/h3-4,7-10H,1-2,5-6H2. The van der Waals surface area contributed by atoms with Gasteiger partial charge in [0.1, 0.15) is 0 Å². The van der Waals surface area contributed by atoms with Crippen molar-refractivity contribution in [3.63, 3.8) is 0 Å². The Labute approximate surface area is 170 Å². The lowest BCUT2D eigenvalue weighted by atomic mass is 10.1. The summed E-state index contributed by atoms with van der Waals surface area (Å²) in [6, 6.07) is 8.05. The Morgan fingerprint density at radius 1 is 0.739 bits per heavy atom. The molecule has 0 amide bonds. The van der Waals surface area contributed by atoms with Gasteiger partial charge < -0.3 is 4.74 Å². The zero-order chi connectivity index (χ0) is 17.0. The average Bonchev–Trinajstić information content (AvgIpc) is 2.52. The summed E-state index contributed by atoms with van der Waals surface area (Å²) in [6.07, 6.45) is 5.27. The Bertz CT molecular complexity index is 690. The van der Waals surface area contributed by atoms with Crippen molar-refractivity contribution < 1.29 is 4.74 Å². The van der Waals surface area contributed by atoms with E-state index in [1.54, 1.807) is 0 Å². The summed E-state index contributed by atoms with van der Waals surface area (Å²) in [5, 5.41) is 0. The second-order valence-corrected chi connectivity index (χ2v) is 8.08. The van der Waals surface area contributed by atoms with Crippen LogP contribution < -0.4 is 4.74 Å². The van der Waals surface area contributed by atoms with E-state index in [0.717, 1.165) is 53.4 Å². The van der Waals surface area contributed by atoms with Gasteiger partial charge in [0.25, 0.3) is 0 Å². The van der Waals surface area contributed by atoms with Crippen LogP contribution in [0.3, 0.4) is 0 Å². The summed E-state index contributed by atoms with van der Waals surface area (Å²) >= 11 is 14.4. The molecule has 0 heterocycles. The van der Waals surface area contributed by atoms with E-state index in [4.69, 9.17) is 4.74 Å². The first-order chi connectivity index (χ1) is 11.0. The zero-order valence-electron chi connectivity index (χ0n) is 12.2. The van der Waals surface area contributed by atoms with Crippen molar-refractivity contribution >= 4 is 63.7 Å². The number of ether oxygens (including phenoxy) is 1. The maximum atomic E-state index is 6.22. The molecule has 2 rings (SSSR count). The molecule has 23 heavy (non-hydrogen) atoms. The van der Waals surface area contributed by atoms with Gasteiger partial charge in [0, 0.05) is 0 Å². The molecule has 0 fully saturated rings.